The Kier molecular flexibility index (Phi) is 2.65. The van der Waals surface area contributed by atoms with Gasteiger partial charge in [-0.2, -0.15) is 0 Å². The first-order valence-electron chi connectivity index (χ1n) is 5.14. The highest BCUT2D eigenvalue weighted by Gasteiger charge is 2.06. The maximum Gasteiger partial charge on any atom is 0.123 e. The van der Waals surface area contributed by atoms with Crippen LogP contribution >= 0.6 is 0 Å². The van der Waals surface area contributed by atoms with Crippen molar-refractivity contribution in [2.75, 3.05) is 0 Å². The van der Waals surface area contributed by atoms with Gasteiger partial charge < -0.3 is 5.11 Å². The van der Waals surface area contributed by atoms with E-state index in [9.17, 15) is 9.50 Å². The largest absolute Gasteiger partial charge is 0.508 e. The highest BCUT2D eigenvalue weighted by atomic mass is 19.1. The fourth-order valence-electron chi connectivity index (χ4n) is 1.77. The first kappa shape index (κ1) is 10.7. The van der Waals surface area contributed by atoms with Crippen molar-refractivity contribution >= 4 is 0 Å². The molecule has 0 aliphatic heterocycles. The molecule has 2 aromatic carbocycles. The molecule has 0 atom stereocenters. The van der Waals surface area contributed by atoms with Crippen LogP contribution in [-0.4, -0.2) is 5.11 Å². The van der Waals surface area contributed by atoms with Gasteiger partial charge in [-0.05, 0) is 60.4 Å². The Labute approximate surface area is 94.2 Å². The average molecular weight is 216 g/mol. The lowest BCUT2D eigenvalue weighted by molar-refractivity contribution is 0.471. The quantitative estimate of drug-likeness (QED) is 0.768. The molecule has 2 heteroatoms. The molecular formula is C14H13FO. The lowest BCUT2D eigenvalue weighted by Crippen LogP contribution is -1.86. The number of phenolic OH excluding ortho intramolecular Hbond substituents is 1. The molecular weight excluding hydrogens is 203 g/mol. The van der Waals surface area contributed by atoms with E-state index in [1.807, 2.05) is 26.0 Å². The number of benzene rings is 2. The summed E-state index contributed by atoms with van der Waals surface area (Å²) in [5.74, 6) is 0.0280. The fraction of sp³-hybridized carbons (Fsp3) is 0.143. The summed E-state index contributed by atoms with van der Waals surface area (Å²) in [5.41, 5.74) is 3.52. The molecule has 0 aliphatic rings. The van der Waals surface area contributed by atoms with Crippen molar-refractivity contribution in [3.63, 3.8) is 0 Å². The molecule has 1 nitrogen and oxygen atoms in total. The molecule has 0 spiro atoms. The molecule has 0 saturated heterocycles. The Morgan fingerprint density at radius 1 is 1.00 bits per heavy atom. The first-order valence-corrected chi connectivity index (χ1v) is 5.14. The average Bonchev–Trinajstić information content (AvgIpc) is 2.23. The summed E-state index contributed by atoms with van der Waals surface area (Å²) in [6.45, 7) is 3.73. The third kappa shape index (κ3) is 1.91. The summed E-state index contributed by atoms with van der Waals surface area (Å²) < 4.78 is 13.1. The van der Waals surface area contributed by atoms with Crippen molar-refractivity contribution in [3.05, 3.63) is 53.3 Å². The molecule has 2 rings (SSSR count). The summed E-state index contributed by atoms with van der Waals surface area (Å²) in [7, 11) is 0. The van der Waals surface area contributed by atoms with Crippen LogP contribution in [0.5, 0.6) is 5.75 Å². The van der Waals surface area contributed by atoms with Gasteiger partial charge in [0.25, 0.3) is 0 Å². The third-order valence-corrected chi connectivity index (χ3v) is 2.68. The Bertz CT molecular complexity index is 532. The number of aromatic hydroxyl groups is 1. The van der Waals surface area contributed by atoms with E-state index in [1.165, 1.54) is 12.1 Å². The lowest BCUT2D eigenvalue weighted by Gasteiger charge is -2.09. The molecule has 1 N–H and O–H groups in total. The van der Waals surface area contributed by atoms with E-state index in [-0.39, 0.29) is 11.6 Å². The molecule has 0 amide bonds. The van der Waals surface area contributed by atoms with Crippen LogP contribution in [0.15, 0.2) is 36.4 Å². The third-order valence-electron chi connectivity index (χ3n) is 2.68. The number of aryl methyl sites for hydroxylation is 2. The van der Waals surface area contributed by atoms with E-state index in [2.05, 4.69) is 0 Å². The molecule has 0 unspecified atom stereocenters. The second-order valence-corrected chi connectivity index (χ2v) is 3.96. The molecule has 82 valence electrons. The van der Waals surface area contributed by atoms with Gasteiger partial charge >= 0.3 is 0 Å². The maximum atomic E-state index is 13.1. The van der Waals surface area contributed by atoms with Gasteiger partial charge in [-0.25, -0.2) is 4.39 Å². The van der Waals surface area contributed by atoms with Gasteiger partial charge in [0.2, 0.25) is 0 Å². The minimum atomic E-state index is -0.248. The molecule has 2 aromatic rings. The standard InChI is InChI=1S/C14H13FO/c1-9-7-14(16)10(2)6-13(9)11-4-3-5-12(15)8-11/h3-8,16H,1-2H3. The number of halogens is 1. The van der Waals surface area contributed by atoms with Crippen LogP contribution in [0.1, 0.15) is 11.1 Å². The predicted octanol–water partition coefficient (Wildman–Crippen LogP) is 3.82. The van der Waals surface area contributed by atoms with Crippen molar-refractivity contribution in [1.29, 1.82) is 0 Å². The molecule has 16 heavy (non-hydrogen) atoms. The zero-order chi connectivity index (χ0) is 11.7. The molecule has 0 heterocycles. The summed E-state index contributed by atoms with van der Waals surface area (Å²) >= 11 is 0. The normalized spacial score (nSPS) is 10.4. The second-order valence-electron chi connectivity index (χ2n) is 3.96. The Morgan fingerprint density at radius 3 is 2.44 bits per heavy atom. The van der Waals surface area contributed by atoms with Gasteiger partial charge in [-0.3, -0.25) is 0 Å². The Balaban J connectivity index is 2.60. The van der Waals surface area contributed by atoms with Crippen LogP contribution in [0.3, 0.4) is 0 Å². The zero-order valence-electron chi connectivity index (χ0n) is 9.29. The van der Waals surface area contributed by atoms with Gasteiger partial charge in [-0.1, -0.05) is 12.1 Å². The smallest absolute Gasteiger partial charge is 0.123 e. The number of rotatable bonds is 1. The first-order chi connectivity index (χ1) is 7.58. The van der Waals surface area contributed by atoms with Crippen LogP contribution in [0.2, 0.25) is 0 Å². The van der Waals surface area contributed by atoms with Gasteiger partial charge in [0.1, 0.15) is 11.6 Å². The zero-order valence-corrected chi connectivity index (χ0v) is 9.29. The fourth-order valence-corrected chi connectivity index (χ4v) is 1.77. The number of phenols is 1. The van der Waals surface area contributed by atoms with Gasteiger partial charge in [-0.15, -0.1) is 0 Å². The molecule has 0 bridgehead atoms. The van der Waals surface area contributed by atoms with Gasteiger partial charge in [0.05, 0.1) is 0 Å². The topological polar surface area (TPSA) is 20.2 Å². The summed E-state index contributed by atoms with van der Waals surface area (Å²) in [4.78, 5) is 0. The number of hydrogen-bond donors (Lipinski definition) is 1. The summed E-state index contributed by atoms with van der Waals surface area (Å²) in [5, 5.41) is 9.55. The van der Waals surface area contributed by atoms with Crippen LogP contribution in [-0.2, 0) is 0 Å². The van der Waals surface area contributed by atoms with Crippen LogP contribution in [0.25, 0.3) is 11.1 Å². The molecule has 0 radical (unpaired) electrons. The maximum absolute atomic E-state index is 13.1. The van der Waals surface area contributed by atoms with Crippen LogP contribution < -0.4 is 0 Å². The van der Waals surface area contributed by atoms with Crippen LogP contribution in [0, 0.1) is 19.7 Å². The summed E-state index contributed by atoms with van der Waals surface area (Å²) in [6.07, 6.45) is 0. The Hall–Kier alpha value is -1.83. The van der Waals surface area contributed by atoms with Gasteiger partial charge in [0.15, 0.2) is 0 Å². The van der Waals surface area contributed by atoms with E-state index in [4.69, 9.17) is 0 Å². The van der Waals surface area contributed by atoms with Crippen molar-refractivity contribution in [1.82, 2.24) is 0 Å². The van der Waals surface area contributed by atoms with Crippen molar-refractivity contribution in [2.24, 2.45) is 0 Å². The lowest BCUT2D eigenvalue weighted by atomic mass is 9.98. The molecule has 0 saturated carbocycles. The Morgan fingerprint density at radius 2 is 1.75 bits per heavy atom. The number of hydrogen-bond acceptors (Lipinski definition) is 1. The van der Waals surface area contributed by atoms with E-state index < -0.39 is 0 Å². The van der Waals surface area contributed by atoms with E-state index in [0.29, 0.717) is 0 Å². The SMILES string of the molecule is Cc1cc(-c2cccc(F)c2)c(C)cc1O. The highest BCUT2D eigenvalue weighted by Crippen LogP contribution is 2.29. The molecule has 0 aliphatic carbocycles. The minimum absolute atomic E-state index is 0.248. The minimum Gasteiger partial charge on any atom is -0.508 e. The van der Waals surface area contributed by atoms with Crippen molar-refractivity contribution in [3.8, 4) is 16.9 Å². The molecule has 0 fully saturated rings. The van der Waals surface area contributed by atoms with Crippen LogP contribution in [0.4, 0.5) is 4.39 Å². The van der Waals surface area contributed by atoms with E-state index >= 15 is 0 Å². The van der Waals surface area contributed by atoms with E-state index in [1.54, 1.807) is 12.1 Å². The van der Waals surface area contributed by atoms with Crippen molar-refractivity contribution in [2.45, 2.75) is 13.8 Å². The van der Waals surface area contributed by atoms with Gasteiger partial charge in [0, 0.05) is 0 Å². The summed E-state index contributed by atoms with van der Waals surface area (Å²) in [6, 6.07) is 10.0. The van der Waals surface area contributed by atoms with Crippen molar-refractivity contribution < 1.29 is 9.50 Å². The second kappa shape index (κ2) is 3.97. The molecule has 0 aromatic heterocycles. The van der Waals surface area contributed by atoms with E-state index in [0.717, 1.165) is 22.3 Å². The predicted molar refractivity (Wildman–Crippen MR) is 63.0 cm³/mol. The monoisotopic (exact) mass is 216 g/mol. The highest BCUT2D eigenvalue weighted by molar-refractivity contribution is 5.69.